The SMILES string of the molecule is Cc1cc(CC(=O)Nc2cc([C@H]3CC[C@@H](CCCC(N)=O)C3)n[nH]2)on1. The fourth-order valence-electron chi connectivity index (χ4n) is 3.63. The predicted molar refractivity (Wildman–Crippen MR) is 95.3 cm³/mol. The Balaban J connectivity index is 1.47. The zero-order valence-electron chi connectivity index (χ0n) is 15.0. The Morgan fingerprint density at radius 1 is 1.38 bits per heavy atom. The Hall–Kier alpha value is -2.64. The first-order chi connectivity index (χ1) is 12.5. The second kappa shape index (κ2) is 8.16. The van der Waals surface area contributed by atoms with Crippen LogP contribution in [0.1, 0.15) is 61.6 Å². The number of primary amides is 1. The van der Waals surface area contributed by atoms with Gasteiger partial charge in [-0.3, -0.25) is 14.7 Å². The fourth-order valence-corrected chi connectivity index (χ4v) is 3.63. The summed E-state index contributed by atoms with van der Waals surface area (Å²) in [6.07, 6.45) is 5.78. The van der Waals surface area contributed by atoms with Crippen molar-refractivity contribution in [1.82, 2.24) is 15.4 Å². The van der Waals surface area contributed by atoms with Crippen LogP contribution in [0.2, 0.25) is 0 Å². The number of aryl methyl sites for hydroxylation is 1. The summed E-state index contributed by atoms with van der Waals surface area (Å²) in [6.45, 7) is 1.81. The lowest BCUT2D eigenvalue weighted by molar-refractivity contribution is -0.118. The van der Waals surface area contributed by atoms with Gasteiger partial charge in [0.25, 0.3) is 0 Å². The van der Waals surface area contributed by atoms with Crippen LogP contribution in [0.3, 0.4) is 0 Å². The van der Waals surface area contributed by atoms with Gasteiger partial charge in [0, 0.05) is 24.5 Å². The molecule has 0 saturated heterocycles. The first-order valence-electron chi connectivity index (χ1n) is 9.05. The summed E-state index contributed by atoms with van der Waals surface area (Å²) in [7, 11) is 0. The number of carbonyl (C=O) groups is 2. The summed E-state index contributed by atoms with van der Waals surface area (Å²) in [5.74, 6) is 1.74. The number of nitrogens with two attached hydrogens (primary N) is 1. The number of carbonyl (C=O) groups excluding carboxylic acids is 2. The standard InChI is InChI=1S/C18H25N5O3/c1-11-7-14(26-23-11)9-18(25)20-17-10-15(21-22-17)13-6-5-12(8-13)3-2-4-16(19)24/h7,10,12-13H,2-6,8-9H2,1H3,(H2,19,24)(H2,20,21,22,25)/t12-,13+/m1/s1. The number of aromatic nitrogens is 3. The Labute approximate surface area is 151 Å². The topological polar surface area (TPSA) is 127 Å². The maximum Gasteiger partial charge on any atom is 0.233 e. The fraction of sp³-hybridized carbons (Fsp3) is 0.556. The summed E-state index contributed by atoms with van der Waals surface area (Å²) >= 11 is 0. The number of amides is 2. The molecule has 1 aliphatic carbocycles. The number of aromatic amines is 1. The van der Waals surface area contributed by atoms with Crippen molar-refractivity contribution in [2.24, 2.45) is 11.7 Å². The van der Waals surface area contributed by atoms with Gasteiger partial charge in [-0.05, 0) is 44.9 Å². The largest absolute Gasteiger partial charge is 0.370 e. The van der Waals surface area contributed by atoms with E-state index in [0.717, 1.165) is 43.5 Å². The molecule has 2 aromatic rings. The van der Waals surface area contributed by atoms with Crippen LogP contribution in [0.15, 0.2) is 16.7 Å². The number of nitrogens with one attached hydrogen (secondary N) is 2. The normalized spacial score (nSPS) is 19.6. The van der Waals surface area contributed by atoms with E-state index in [1.54, 1.807) is 6.07 Å². The molecular weight excluding hydrogens is 334 g/mol. The highest BCUT2D eigenvalue weighted by atomic mass is 16.5. The van der Waals surface area contributed by atoms with E-state index < -0.39 is 0 Å². The minimum atomic E-state index is -0.229. The minimum Gasteiger partial charge on any atom is -0.370 e. The summed E-state index contributed by atoms with van der Waals surface area (Å²) in [5.41, 5.74) is 6.92. The van der Waals surface area contributed by atoms with E-state index in [-0.39, 0.29) is 18.2 Å². The molecule has 8 heteroatoms. The molecule has 0 spiro atoms. The van der Waals surface area contributed by atoms with Gasteiger partial charge in [-0.2, -0.15) is 5.10 Å². The Morgan fingerprint density at radius 3 is 2.96 bits per heavy atom. The molecule has 140 valence electrons. The van der Waals surface area contributed by atoms with Crippen molar-refractivity contribution in [3.63, 3.8) is 0 Å². The number of H-pyrrole nitrogens is 1. The third-order valence-corrected chi connectivity index (χ3v) is 4.88. The van der Waals surface area contributed by atoms with Gasteiger partial charge in [-0.15, -0.1) is 0 Å². The number of anilines is 1. The molecular formula is C18H25N5O3. The average Bonchev–Trinajstić information content (AvgIpc) is 3.29. The van der Waals surface area contributed by atoms with Gasteiger partial charge in [0.05, 0.1) is 17.8 Å². The molecule has 2 amide bonds. The van der Waals surface area contributed by atoms with Crippen LogP contribution in [-0.2, 0) is 16.0 Å². The van der Waals surface area contributed by atoms with Crippen molar-refractivity contribution in [1.29, 1.82) is 0 Å². The lowest BCUT2D eigenvalue weighted by atomic mass is 9.97. The van der Waals surface area contributed by atoms with Gasteiger partial charge >= 0.3 is 0 Å². The summed E-state index contributed by atoms with van der Waals surface area (Å²) in [4.78, 5) is 22.9. The molecule has 2 aromatic heterocycles. The van der Waals surface area contributed by atoms with Gasteiger partial charge in [-0.1, -0.05) is 5.16 Å². The first-order valence-corrected chi connectivity index (χ1v) is 9.05. The lowest BCUT2D eigenvalue weighted by Gasteiger charge is -2.08. The Morgan fingerprint density at radius 2 is 2.23 bits per heavy atom. The first kappa shape index (κ1) is 18.2. The van der Waals surface area contributed by atoms with Crippen LogP contribution in [-0.4, -0.2) is 27.2 Å². The predicted octanol–water partition coefficient (Wildman–Crippen LogP) is 2.43. The van der Waals surface area contributed by atoms with Crippen LogP contribution in [0, 0.1) is 12.8 Å². The lowest BCUT2D eigenvalue weighted by Crippen LogP contribution is -2.14. The second-order valence-corrected chi connectivity index (χ2v) is 7.10. The van der Waals surface area contributed by atoms with E-state index in [4.69, 9.17) is 10.3 Å². The highest BCUT2D eigenvalue weighted by molar-refractivity contribution is 5.91. The van der Waals surface area contributed by atoms with Gasteiger partial charge in [-0.25, -0.2) is 0 Å². The van der Waals surface area contributed by atoms with Gasteiger partial charge in [0.1, 0.15) is 11.6 Å². The van der Waals surface area contributed by atoms with Crippen molar-refractivity contribution < 1.29 is 14.1 Å². The maximum atomic E-state index is 12.1. The highest BCUT2D eigenvalue weighted by Gasteiger charge is 2.27. The van der Waals surface area contributed by atoms with Gasteiger partial charge in [0.15, 0.2) is 0 Å². The molecule has 0 bridgehead atoms. The maximum absolute atomic E-state index is 12.1. The van der Waals surface area contributed by atoms with E-state index in [0.29, 0.717) is 29.8 Å². The number of nitrogens with zero attached hydrogens (tertiary/aromatic N) is 2. The van der Waals surface area contributed by atoms with E-state index >= 15 is 0 Å². The van der Waals surface area contributed by atoms with Crippen LogP contribution < -0.4 is 11.1 Å². The van der Waals surface area contributed by atoms with Crippen LogP contribution in [0.25, 0.3) is 0 Å². The van der Waals surface area contributed by atoms with Crippen molar-refractivity contribution in [3.05, 3.63) is 29.3 Å². The summed E-state index contributed by atoms with van der Waals surface area (Å²) in [5, 5.41) is 13.8. The van der Waals surface area contributed by atoms with Crippen molar-refractivity contribution in [2.75, 3.05) is 5.32 Å². The van der Waals surface area contributed by atoms with Crippen LogP contribution >= 0.6 is 0 Å². The average molecular weight is 359 g/mol. The molecule has 4 N–H and O–H groups in total. The quantitative estimate of drug-likeness (QED) is 0.667. The molecule has 2 heterocycles. The number of hydrogen-bond donors (Lipinski definition) is 3. The van der Waals surface area contributed by atoms with Crippen molar-refractivity contribution in [3.8, 4) is 0 Å². The second-order valence-electron chi connectivity index (χ2n) is 7.10. The van der Waals surface area contributed by atoms with E-state index in [9.17, 15) is 9.59 Å². The van der Waals surface area contributed by atoms with Crippen molar-refractivity contribution in [2.45, 2.75) is 57.8 Å². The third-order valence-electron chi connectivity index (χ3n) is 4.88. The van der Waals surface area contributed by atoms with Crippen LogP contribution in [0.5, 0.6) is 0 Å². The molecule has 26 heavy (non-hydrogen) atoms. The van der Waals surface area contributed by atoms with E-state index in [1.807, 2.05) is 13.0 Å². The molecule has 0 unspecified atom stereocenters. The zero-order chi connectivity index (χ0) is 18.5. The third kappa shape index (κ3) is 4.93. The van der Waals surface area contributed by atoms with E-state index in [2.05, 4.69) is 20.7 Å². The van der Waals surface area contributed by atoms with Crippen LogP contribution in [0.4, 0.5) is 5.82 Å². The smallest absolute Gasteiger partial charge is 0.233 e. The zero-order valence-corrected chi connectivity index (χ0v) is 15.0. The van der Waals surface area contributed by atoms with Crippen molar-refractivity contribution >= 4 is 17.6 Å². The Kier molecular flexibility index (Phi) is 5.70. The molecule has 3 rings (SSSR count). The molecule has 0 aromatic carbocycles. The molecule has 8 nitrogen and oxygen atoms in total. The summed E-state index contributed by atoms with van der Waals surface area (Å²) < 4.78 is 5.05. The van der Waals surface area contributed by atoms with Gasteiger partial charge in [0.2, 0.25) is 11.8 Å². The highest BCUT2D eigenvalue weighted by Crippen LogP contribution is 2.40. The number of hydrogen-bond acceptors (Lipinski definition) is 5. The summed E-state index contributed by atoms with van der Waals surface area (Å²) in [6, 6.07) is 3.65. The molecule has 0 aliphatic heterocycles. The molecule has 1 fully saturated rings. The molecule has 1 saturated carbocycles. The monoisotopic (exact) mass is 359 g/mol. The Bertz CT molecular complexity index is 766. The number of rotatable bonds is 8. The molecule has 0 radical (unpaired) electrons. The van der Waals surface area contributed by atoms with Gasteiger partial charge < -0.3 is 15.6 Å². The molecule has 2 atom stereocenters. The van der Waals surface area contributed by atoms with E-state index in [1.165, 1.54) is 0 Å². The molecule has 1 aliphatic rings. The minimum absolute atomic E-state index is 0.139.